The Kier molecular flexibility index (Phi) is 5.45. The minimum absolute atomic E-state index is 0.0172. The highest BCUT2D eigenvalue weighted by Gasteiger charge is 2.43. The van der Waals surface area contributed by atoms with Gasteiger partial charge in [0.2, 0.25) is 0 Å². The molecule has 3 fully saturated rings. The lowest BCUT2D eigenvalue weighted by Gasteiger charge is -2.46. The Bertz CT molecular complexity index is 474. The number of hydrogen-bond donors (Lipinski definition) is 0. The molecule has 24 heavy (non-hydrogen) atoms. The second-order valence-corrected chi connectivity index (χ2v) is 7.41. The third-order valence-corrected chi connectivity index (χ3v) is 5.40. The number of amides is 1. The molecule has 136 valence electrons. The van der Waals surface area contributed by atoms with Crippen molar-refractivity contribution in [3.05, 3.63) is 0 Å². The third kappa shape index (κ3) is 3.91. The van der Waals surface area contributed by atoms with Crippen LogP contribution in [0.5, 0.6) is 0 Å². The maximum Gasteiger partial charge on any atom is 0.410 e. The van der Waals surface area contributed by atoms with Gasteiger partial charge in [0.1, 0.15) is 11.9 Å². The zero-order valence-corrected chi connectivity index (χ0v) is 14.8. The minimum atomic E-state index is -0.507. The predicted molar refractivity (Wildman–Crippen MR) is 87.6 cm³/mol. The quantitative estimate of drug-likeness (QED) is 0.744. The first-order valence-electron chi connectivity index (χ1n) is 9.29. The molecule has 0 radical (unpaired) electrons. The molecule has 3 heterocycles. The number of piperidine rings is 1. The maximum absolute atomic E-state index is 12.5. The average Bonchev–Trinajstić information content (AvgIpc) is 2.93. The monoisotopic (exact) mass is 339 g/mol. The topological polar surface area (TPSA) is 65.1 Å². The Morgan fingerprint density at radius 1 is 1.17 bits per heavy atom. The van der Waals surface area contributed by atoms with Crippen LogP contribution in [0.1, 0.15) is 65.2 Å². The molecule has 3 atom stereocenters. The number of ether oxygens (including phenoxy) is 3. The van der Waals surface area contributed by atoms with Crippen molar-refractivity contribution in [2.45, 2.75) is 89.2 Å². The lowest BCUT2D eigenvalue weighted by molar-refractivity contribution is -0.148. The second-order valence-electron chi connectivity index (χ2n) is 7.41. The average molecular weight is 339 g/mol. The molecule has 6 nitrogen and oxygen atoms in total. The van der Waals surface area contributed by atoms with Crippen LogP contribution in [0.2, 0.25) is 0 Å². The van der Waals surface area contributed by atoms with Gasteiger partial charge in [-0.15, -0.1) is 0 Å². The van der Waals surface area contributed by atoms with E-state index in [1.807, 2.05) is 11.8 Å². The van der Waals surface area contributed by atoms with Gasteiger partial charge in [-0.05, 0) is 26.2 Å². The zero-order valence-electron chi connectivity index (χ0n) is 14.8. The van der Waals surface area contributed by atoms with E-state index in [1.165, 1.54) is 0 Å². The van der Waals surface area contributed by atoms with Crippen molar-refractivity contribution in [2.24, 2.45) is 0 Å². The minimum Gasteiger partial charge on any atom is -0.446 e. The van der Waals surface area contributed by atoms with Crippen LogP contribution in [0, 0.1) is 0 Å². The van der Waals surface area contributed by atoms with E-state index < -0.39 is 5.79 Å². The van der Waals surface area contributed by atoms with E-state index in [-0.39, 0.29) is 30.1 Å². The summed E-state index contributed by atoms with van der Waals surface area (Å²) in [6, 6.07) is -0.0278. The Hall–Kier alpha value is -1.14. The van der Waals surface area contributed by atoms with Gasteiger partial charge < -0.3 is 19.1 Å². The molecule has 0 bridgehead atoms. The van der Waals surface area contributed by atoms with Crippen molar-refractivity contribution in [1.29, 1.82) is 0 Å². The van der Waals surface area contributed by atoms with E-state index in [0.717, 1.165) is 38.5 Å². The summed E-state index contributed by atoms with van der Waals surface area (Å²) in [7, 11) is 0. The van der Waals surface area contributed by atoms with Crippen LogP contribution in [-0.4, -0.2) is 54.0 Å². The SMILES string of the molecule is CCC[C@@H]1C[C@@H]2CC(=O)C[C@@H](CCCC3(C)OCCO3)N2C(=O)O1. The molecule has 0 aromatic carbocycles. The fourth-order valence-corrected chi connectivity index (χ4v) is 4.25. The van der Waals surface area contributed by atoms with Gasteiger partial charge in [0.05, 0.1) is 13.2 Å². The molecular weight excluding hydrogens is 310 g/mol. The number of nitrogens with zero attached hydrogens (tertiary/aromatic N) is 1. The molecule has 0 aromatic heterocycles. The summed E-state index contributed by atoms with van der Waals surface area (Å²) in [5.41, 5.74) is 0. The first-order chi connectivity index (χ1) is 11.5. The Balaban J connectivity index is 1.58. The molecule has 0 aromatic rings. The molecule has 0 N–H and O–H groups in total. The number of cyclic esters (lactones) is 1. The second kappa shape index (κ2) is 7.40. The van der Waals surface area contributed by atoms with Crippen molar-refractivity contribution in [2.75, 3.05) is 13.2 Å². The lowest BCUT2D eigenvalue weighted by atomic mass is 9.87. The third-order valence-electron chi connectivity index (χ3n) is 5.40. The van der Waals surface area contributed by atoms with Crippen molar-refractivity contribution in [1.82, 2.24) is 4.90 Å². The van der Waals surface area contributed by atoms with E-state index in [2.05, 4.69) is 6.92 Å². The van der Waals surface area contributed by atoms with Crippen LogP contribution in [0.3, 0.4) is 0 Å². The maximum atomic E-state index is 12.5. The number of ketones is 1. The fraction of sp³-hybridized carbons (Fsp3) is 0.889. The molecule has 0 aliphatic carbocycles. The van der Waals surface area contributed by atoms with E-state index >= 15 is 0 Å². The Morgan fingerprint density at radius 3 is 2.62 bits per heavy atom. The Morgan fingerprint density at radius 2 is 1.92 bits per heavy atom. The van der Waals surface area contributed by atoms with Crippen LogP contribution in [0.4, 0.5) is 4.79 Å². The van der Waals surface area contributed by atoms with Gasteiger partial charge in [0.15, 0.2) is 5.79 Å². The van der Waals surface area contributed by atoms with Gasteiger partial charge in [-0.1, -0.05) is 13.3 Å². The normalized spacial score (nSPS) is 32.6. The molecule has 0 unspecified atom stereocenters. The van der Waals surface area contributed by atoms with E-state index in [4.69, 9.17) is 14.2 Å². The molecule has 0 saturated carbocycles. The molecule has 0 spiro atoms. The molecule has 3 saturated heterocycles. The van der Waals surface area contributed by atoms with Crippen LogP contribution in [0.15, 0.2) is 0 Å². The van der Waals surface area contributed by atoms with E-state index in [9.17, 15) is 9.59 Å². The van der Waals surface area contributed by atoms with E-state index in [0.29, 0.717) is 26.1 Å². The number of rotatable bonds is 6. The summed E-state index contributed by atoms with van der Waals surface area (Å²) in [6.45, 7) is 5.32. The smallest absolute Gasteiger partial charge is 0.410 e. The van der Waals surface area contributed by atoms with Crippen molar-refractivity contribution in [3.8, 4) is 0 Å². The number of Topliss-reactive ketones (excluding diaryl/α,β-unsaturated/α-hetero) is 1. The first kappa shape index (κ1) is 17.7. The molecule has 3 aliphatic heterocycles. The van der Waals surface area contributed by atoms with Crippen LogP contribution >= 0.6 is 0 Å². The molecule has 3 rings (SSSR count). The largest absolute Gasteiger partial charge is 0.446 e. The predicted octanol–water partition coefficient (Wildman–Crippen LogP) is 3.03. The van der Waals surface area contributed by atoms with Gasteiger partial charge in [0, 0.05) is 37.8 Å². The van der Waals surface area contributed by atoms with Crippen molar-refractivity contribution >= 4 is 11.9 Å². The van der Waals surface area contributed by atoms with Crippen LogP contribution in [-0.2, 0) is 19.0 Å². The first-order valence-corrected chi connectivity index (χ1v) is 9.29. The summed E-state index contributed by atoms with van der Waals surface area (Å²) in [5, 5.41) is 0. The highest BCUT2D eigenvalue weighted by Crippen LogP contribution is 2.34. The number of hydrogen-bond acceptors (Lipinski definition) is 5. The number of carbonyl (C=O) groups excluding carboxylic acids is 2. The highest BCUT2D eigenvalue weighted by atomic mass is 16.7. The van der Waals surface area contributed by atoms with E-state index in [1.54, 1.807) is 0 Å². The van der Waals surface area contributed by atoms with Gasteiger partial charge in [-0.25, -0.2) is 4.79 Å². The zero-order chi connectivity index (χ0) is 17.2. The molecule has 1 amide bonds. The van der Waals surface area contributed by atoms with Gasteiger partial charge in [-0.3, -0.25) is 4.79 Å². The molecule has 6 heteroatoms. The number of carbonyl (C=O) groups is 2. The summed E-state index contributed by atoms with van der Waals surface area (Å²) in [5.74, 6) is -0.238. The van der Waals surface area contributed by atoms with Crippen molar-refractivity contribution in [3.63, 3.8) is 0 Å². The molecule has 3 aliphatic rings. The highest BCUT2D eigenvalue weighted by molar-refractivity contribution is 5.83. The van der Waals surface area contributed by atoms with Crippen LogP contribution < -0.4 is 0 Å². The van der Waals surface area contributed by atoms with Gasteiger partial charge in [-0.2, -0.15) is 0 Å². The summed E-state index contributed by atoms with van der Waals surface area (Å²) in [6.07, 6.45) is 5.74. The van der Waals surface area contributed by atoms with Gasteiger partial charge >= 0.3 is 6.09 Å². The molecular formula is C18H29NO5. The van der Waals surface area contributed by atoms with Gasteiger partial charge in [0.25, 0.3) is 0 Å². The lowest BCUT2D eigenvalue weighted by Crippen LogP contribution is -2.57. The number of fused-ring (bicyclic) bond motifs is 1. The van der Waals surface area contributed by atoms with Crippen molar-refractivity contribution < 1.29 is 23.8 Å². The summed E-state index contributed by atoms with van der Waals surface area (Å²) in [4.78, 5) is 26.4. The standard InChI is InChI=1S/C18H29NO5/c1-3-5-16-12-14-11-15(20)10-13(19(14)17(21)24-16)6-4-7-18(2)22-8-9-23-18/h13-14,16H,3-12H2,1-2H3/t13-,14+,16-/m1/s1. The Labute approximate surface area is 143 Å². The fourth-order valence-electron chi connectivity index (χ4n) is 4.25. The summed E-state index contributed by atoms with van der Waals surface area (Å²) >= 11 is 0. The van der Waals surface area contributed by atoms with Crippen LogP contribution in [0.25, 0.3) is 0 Å². The summed E-state index contributed by atoms with van der Waals surface area (Å²) < 4.78 is 16.8.